The van der Waals surface area contributed by atoms with Gasteiger partial charge in [-0.3, -0.25) is 0 Å². The van der Waals surface area contributed by atoms with E-state index in [1.165, 1.54) is 16.8 Å². The van der Waals surface area contributed by atoms with E-state index in [2.05, 4.69) is 89.6 Å². The van der Waals surface area contributed by atoms with E-state index in [0.717, 1.165) is 16.7 Å². The number of nitrogens with zero attached hydrogens (tertiary/aromatic N) is 1. The molecule has 0 aliphatic rings. The average molecular weight is 319 g/mol. The first kappa shape index (κ1) is 13.9. The largest absolute Gasteiger partial charge is 0.381 e. The van der Waals surface area contributed by atoms with Crippen molar-refractivity contribution in [3.05, 3.63) is 58.1 Å². The van der Waals surface area contributed by atoms with Gasteiger partial charge in [-0.15, -0.1) is 0 Å². The third-order valence-corrected chi connectivity index (χ3v) is 3.98. The van der Waals surface area contributed by atoms with E-state index in [4.69, 9.17) is 0 Å². The molecule has 2 rings (SSSR count). The monoisotopic (exact) mass is 318 g/mol. The lowest BCUT2D eigenvalue weighted by Gasteiger charge is -2.13. The summed E-state index contributed by atoms with van der Waals surface area (Å²) in [7, 11) is 4.11. The number of hydrogen-bond acceptors (Lipinski definition) is 2. The number of anilines is 2. The molecule has 0 bridgehead atoms. The zero-order chi connectivity index (χ0) is 13.8. The van der Waals surface area contributed by atoms with E-state index in [0.29, 0.717) is 0 Å². The van der Waals surface area contributed by atoms with Crippen molar-refractivity contribution in [3.63, 3.8) is 0 Å². The van der Waals surface area contributed by atoms with Crippen LogP contribution < -0.4 is 10.2 Å². The summed E-state index contributed by atoms with van der Waals surface area (Å²) in [5, 5.41) is 3.43. The topological polar surface area (TPSA) is 15.3 Å². The predicted octanol–water partition coefficient (Wildman–Crippen LogP) is 4.44. The fraction of sp³-hybridized carbons (Fsp3) is 0.250. The lowest BCUT2D eigenvalue weighted by Crippen LogP contribution is -2.08. The highest BCUT2D eigenvalue weighted by Crippen LogP contribution is 2.21. The van der Waals surface area contributed by atoms with E-state index in [-0.39, 0.29) is 0 Å². The van der Waals surface area contributed by atoms with Gasteiger partial charge in [-0.2, -0.15) is 0 Å². The molecule has 2 aromatic carbocycles. The van der Waals surface area contributed by atoms with Gasteiger partial charge in [0.25, 0.3) is 0 Å². The molecule has 0 aliphatic heterocycles. The van der Waals surface area contributed by atoms with Crippen LogP contribution in [0.5, 0.6) is 0 Å². The molecule has 0 aromatic heterocycles. The average Bonchev–Trinajstić information content (AvgIpc) is 2.40. The van der Waals surface area contributed by atoms with E-state index in [9.17, 15) is 0 Å². The number of nitrogens with one attached hydrogen (secondary N) is 1. The Kier molecular flexibility index (Phi) is 4.48. The minimum atomic E-state index is 0.837. The SMILES string of the molecule is Cc1ccc(NCc2ccc(N(C)C)cc2)cc1Br. The molecule has 2 aromatic rings. The van der Waals surface area contributed by atoms with Crippen LogP contribution in [-0.2, 0) is 6.54 Å². The molecule has 0 saturated heterocycles. The molecule has 0 spiro atoms. The Hall–Kier alpha value is -1.48. The van der Waals surface area contributed by atoms with Gasteiger partial charge in [0.05, 0.1) is 0 Å². The van der Waals surface area contributed by atoms with Crippen molar-refractivity contribution in [2.45, 2.75) is 13.5 Å². The molecule has 2 nitrogen and oxygen atoms in total. The number of hydrogen-bond donors (Lipinski definition) is 1. The van der Waals surface area contributed by atoms with Crippen LogP contribution in [0.15, 0.2) is 46.9 Å². The maximum Gasteiger partial charge on any atom is 0.0400 e. The molecule has 0 unspecified atom stereocenters. The maximum atomic E-state index is 3.55. The standard InChI is InChI=1S/C16H19BrN2/c1-12-4-7-14(10-16(12)17)18-11-13-5-8-15(9-6-13)19(2)3/h4-10,18H,11H2,1-3H3. The van der Waals surface area contributed by atoms with Crippen molar-refractivity contribution in [2.75, 3.05) is 24.3 Å². The molecule has 100 valence electrons. The Morgan fingerprint density at radius 1 is 1.05 bits per heavy atom. The lowest BCUT2D eigenvalue weighted by molar-refractivity contribution is 1.11. The van der Waals surface area contributed by atoms with Crippen molar-refractivity contribution < 1.29 is 0 Å². The second-order valence-corrected chi connectivity index (χ2v) is 5.73. The van der Waals surface area contributed by atoms with Crippen molar-refractivity contribution in [2.24, 2.45) is 0 Å². The van der Waals surface area contributed by atoms with Gasteiger partial charge < -0.3 is 10.2 Å². The third-order valence-electron chi connectivity index (χ3n) is 3.12. The Morgan fingerprint density at radius 2 is 1.74 bits per heavy atom. The fourth-order valence-electron chi connectivity index (χ4n) is 1.82. The molecule has 0 amide bonds. The van der Waals surface area contributed by atoms with Crippen molar-refractivity contribution in [1.82, 2.24) is 0 Å². The molecule has 19 heavy (non-hydrogen) atoms. The van der Waals surface area contributed by atoms with Gasteiger partial charge in [0.15, 0.2) is 0 Å². The predicted molar refractivity (Wildman–Crippen MR) is 87.0 cm³/mol. The normalized spacial score (nSPS) is 10.3. The van der Waals surface area contributed by atoms with E-state index in [1.54, 1.807) is 0 Å². The van der Waals surface area contributed by atoms with Crippen LogP contribution in [0.25, 0.3) is 0 Å². The third kappa shape index (κ3) is 3.74. The molecular weight excluding hydrogens is 300 g/mol. The highest BCUT2D eigenvalue weighted by atomic mass is 79.9. The van der Waals surface area contributed by atoms with Gasteiger partial charge in [-0.1, -0.05) is 34.1 Å². The first-order valence-electron chi connectivity index (χ1n) is 6.32. The fourth-order valence-corrected chi connectivity index (χ4v) is 2.20. The van der Waals surface area contributed by atoms with Gasteiger partial charge in [0.1, 0.15) is 0 Å². The van der Waals surface area contributed by atoms with Crippen LogP contribution in [0.4, 0.5) is 11.4 Å². The van der Waals surface area contributed by atoms with E-state index >= 15 is 0 Å². The maximum absolute atomic E-state index is 3.55. The summed E-state index contributed by atoms with van der Waals surface area (Å²) in [4.78, 5) is 2.11. The Balaban J connectivity index is 2.00. The lowest BCUT2D eigenvalue weighted by atomic mass is 10.2. The summed E-state index contributed by atoms with van der Waals surface area (Å²) in [6.07, 6.45) is 0. The van der Waals surface area contributed by atoms with Crippen LogP contribution >= 0.6 is 15.9 Å². The highest BCUT2D eigenvalue weighted by Gasteiger charge is 1.99. The van der Waals surface area contributed by atoms with Gasteiger partial charge >= 0.3 is 0 Å². The van der Waals surface area contributed by atoms with Gasteiger partial charge in [-0.05, 0) is 42.3 Å². The molecule has 3 heteroatoms. The summed E-state index contributed by atoms with van der Waals surface area (Å²) in [6, 6.07) is 14.9. The molecule has 0 atom stereocenters. The second kappa shape index (κ2) is 6.11. The van der Waals surface area contributed by atoms with Crippen molar-refractivity contribution in [1.29, 1.82) is 0 Å². The second-order valence-electron chi connectivity index (χ2n) is 4.88. The molecule has 0 saturated carbocycles. The van der Waals surface area contributed by atoms with Crippen molar-refractivity contribution in [3.8, 4) is 0 Å². The summed E-state index contributed by atoms with van der Waals surface area (Å²) in [5.74, 6) is 0. The Morgan fingerprint density at radius 3 is 2.32 bits per heavy atom. The molecule has 0 heterocycles. The summed E-state index contributed by atoms with van der Waals surface area (Å²) in [5.41, 5.74) is 4.89. The van der Waals surface area contributed by atoms with Crippen LogP contribution in [0.1, 0.15) is 11.1 Å². The first-order chi connectivity index (χ1) is 9.06. The van der Waals surface area contributed by atoms with Crippen LogP contribution in [-0.4, -0.2) is 14.1 Å². The molecular formula is C16H19BrN2. The van der Waals surface area contributed by atoms with Crippen LogP contribution in [0, 0.1) is 6.92 Å². The van der Waals surface area contributed by atoms with Gasteiger partial charge in [0.2, 0.25) is 0 Å². The van der Waals surface area contributed by atoms with Gasteiger partial charge in [0, 0.05) is 36.5 Å². The zero-order valence-corrected chi connectivity index (χ0v) is 13.2. The number of benzene rings is 2. The van der Waals surface area contributed by atoms with E-state index in [1.807, 2.05) is 0 Å². The molecule has 0 fully saturated rings. The minimum Gasteiger partial charge on any atom is -0.381 e. The van der Waals surface area contributed by atoms with Crippen LogP contribution in [0.3, 0.4) is 0 Å². The molecule has 1 N–H and O–H groups in total. The number of aryl methyl sites for hydroxylation is 1. The summed E-state index contributed by atoms with van der Waals surface area (Å²) >= 11 is 3.55. The minimum absolute atomic E-state index is 0.837. The van der Waals surface area contributed by atoms with Gasteiger partial charge in [-0.25, -0.2) is 0 Å². The van der Waals surface area contributed by atoms with Crippen LogP contribution in [0.2, 0.25) is 0 Å². The zero-order valence-electron chi connectivity index (χ0n) is 11.6. The van der Waals surface area contributed by atoms with E-state index < -0.39 is 0 Å². The first-order valence-corrected chi connectivity index (χ1v) is 7.12. The quantitative estimate of drug-likeness (QED) is 0.896. The number of rotatable bonds is 4. The highest BCUT2D eigenvalue weighted by molar-refractivity contribution is 9.10. The summed E-state index contributed by atoms with van der Waals surface area (Å²) < 4.78 is 1.14. The number of halogens is 1. The van der Waals surface area contributed by atoms with Crippen molar-refractivity contribution >= 4 is 27.3 Å². The Labute approximate surface area is 123 Å². The smallest absolute Gasteiger partial charge is 0.0400 e. The molecule has 0 radical (unpaired) electrons. The molecule has 0 aliphatic carbocycles. The summed E-state index contributed by atoms with van der Waals surface area (Å²) in [6.45, 7) is 2.93. The Bertz CT molecular complexity index is 547.